The van der Waals surface area contributed by atoms with Gasteiger partial charge in [0.15, 0.2) is 5.54 Å². The van der Waals surface area contributed by atoms with Crippen molar-refractivity contribution in [1.29, 1.82) is 0 Å². The molecule has 1 atom stereocenters. The predicted molar refractivity (Wildman–Crippen MR) is 93.8 cm³/mol. The van der Waals surface area contributed by atoms with Crippen molar-refractivity contribution in [2.45, 2.75) is 38.1 Å². The average Bonchev–Trinajstić information content (AvgIpc) is 3.38. The van der Waals surface area contributed by atoms with E-state index in [1.165, 1.54) is 14.0 Å². The Morgan fingerprint density at radius 2 is 2.08 bits per heavy atom. The maximum absolute atomic E-state index is 12.9. The highest BCUT2D eigenvalue weighted by molar-refractivity contribution is 6.07. The number of aliphatic carboxylic acids is 1. The third-order valence-corrected chi connectivity index (χ3v) is 4.52. The summed E-state index contributed by atoms with van der Waals surface area (Å²) in [5, 5.41) is 12.8. The summed E-state index contributed by atoms with van der Waals surface area (Å²) in [6.07, 6.45) is 2.14. The largest absolute Gasteiger partial charge is 0.479 e. The number of aryl methyl sites for hydroxylation is 1. The maximum Gasteiger partial charge on any atom is 0.331 e. The number of benzene rings is 1. The normalized spacial score (nSPS) is 16.4. The van der Waals surface area contributed by atoms with Gasteiger partial charge in [0.1, 0.15) is 0 Å². The molecule has 6 nitrogen and oxygen atoms in total. The molecular weight excluding hydrogens is 320 g/mol. The van der Waals surface area contributed by atoms with E-state index in [0.717, 1.165) is 35.0 Å². The first-order valence-corrected chi connectivity index (χ1v) is 8.30. The molecule has 0 aliphatic heterocycles. The molecular formula is C19H22N2O4. The molecule has 1 amide bonds. The van der Waals surface area contributed by atoms with Gasteiger partial charge in [0.05, 0.1) is 17.7 Å². The van der Waals surface area contributed by atoms with Gasteiger partial charge in [0.2, 0.25) is 0 Å². The van der Waals surface area contributed by atoms with Crippen LogP contribution in [0, 0.1) is 6.92 Å². The van der Waals surface area contributed by atoms with Gasteiger partial charge >= 0.3 is 5.97 Å². The summed E-state index contributed by atoms with van der Waals surface area (Å²) < 4.78 is 4.98. The van der Waals surface area contributed by atoms with Gasteiger partial charge in [-0.3, -0.25) is 9.78 Å². The van der Waals surface area contributed by atoms with E-state index in [2.05, 4.69) is 10.3 Å². The van der Waals surface area contributed by atoms with E-state index < -0.39 is 17.4 Å². The molecule has 1 unspecified atom stereocenters. The Morgan fingerprint density at radius 3 is 2.68 bits per heavy atom. The topological polar surface area (TPSA) is 88.5 Å². The van der Waals surface area contributed by atoms with Crippen LogP contribution >= 0.6 is 0 Å². The van der Waals surface area contributed by atoms with Crippen molar-refractivity contribution in [3.05, 3.63) is 41.1 Å². The molecule has 3 rings (SSSR count). The number of carboxylic acids is 1. The summed E-state index contributed by atoms with van der Waals surface area (Å²) in [6.45, 7) is 3.26. The lowest BCUT2D eigenvalue weighted by atomic mass is 10.00. The van der Waals surface area contributed by atoms with Gasteiger partial charge in [-0.25, -0.2) is 4.79 Å². The Bertz CT molecular complexity index is 845. The van der Waals surface area contributed by atoms with E-state index >= 15 is 0 Å². The van der Waals surface area contributed by atoms with E-state index in [1.807, 2.05) is 25.1 Å². The van der Waals surface area contributed by atoms with Crippen molar-refractivity contribution in [3.8, 4) is 0 Å². The lowest BCUT2D eigenvalue weighted by Gasteiger charge is -2.25. The first kappa shape index (κ1) is 17.4. The van der Waals surface area contributed by atoms with Crippen LogP contribution in [-0.2, 0) is 9.53 Å². The number of carbonyl (C=O) groups excluding carboxylic acids is 1. The van der Waals surface area contributed by atoms with Crippen molar-refractivity contribution in [2.24, 2.45) is 0 Å². The monoisotopic (exact) mass is 342 g/mol. The number of carbonyl (C=O) groups is 2. The van der Waals surface area contributed by atoms with Crippen molar-refractivity contribution < 1.29 is 19.4 Å². The summed E-state index contributed by atoms with van der Waals surface area (Å²) in [4.78, 5) is 29.1. The molecule has 0 saturated heterocycles. The van der Waals surface area contributed by atoms with Crippen LogP contribution in [0.2, 0.25) is 0 Å². The minimum absolute atomic E-state index is 0.119. The summed E-state index contributed by atoms with van der Waals surface area (Å²) >= 11 is 0. The number of hydrogen-bond acceptors (Lipinski definition) is 4. The SMILES string of the molecule is COCC(C)(NC(=O)c1cc(C2CC2)nc2ccc(C)cc12)C(=O)O. The first-order valence-electron chi connectivity index (χ1n) is 8.30. The molecule has 1 aromatic carbocycles. The number of aromatic nitrogens is 1. The third kappa shape index (κ3) is 3.49. The van der Waals surface area contributed by atoms with E-state index in [-0.39, 0.29) is 6.61 Å². The third-order valence-electron chi connectivity index (χ3n) is 4.52. The Kier molecular flexibility index (Phi) is 4.47. The van der Waals surface area contributed by atoms with Gasteiger partial charge in [-0.05, 0) is 44.9 Å². The Morgan fingerprint density at radius 1 is 1.36 bits per heavy atom. The minimum atomic E-state index is -1.50. The van der Waals surface area contributed by atoms with Gasteiger partial charge in [0.25, 0.3) is 5.91 Å². The molecule has 1 fully saturated rings. The standard InChI is InChI=1S/C19H22N2O4/c1-11-4-7-15-13(8-11)14(9-16(20-15)12-5-6-12)17(22)21-19(2,10-25-3)18(23)24/h4,7-9,12H,5-6,10H2,1-3H3,(H,21,22)(H,23,24). The van der Waals surface area contributed by atoms with E-state index in [0.29, 0.717) is 11.5 Å². The van der Waals surface area contributed by atoms with Crippen LogP contribution in [0.3, 0.4) is 0 Å². The van der Waals surface area contributed by atoms with Crippen molar-refractivity contribution >= 4 is 22.8 Å². The number of carboxylic acid groups (broad SMARTS) is 1. The summed E-state index contributed by atoms with van der Waals surface area (Å²) in [5.74, 6) is -1.18. The van der Waals surface area contributed by atoms with Crippen LogP contribution in [0.15, 0.2) is 24.3 Å². The smallest absolute Gasteiger partial charge is 0.331 e. The number of nitrogens with zero attached hydrogens (tertiary/aromatic N) is 1. The van der Waals surface area contributed by atoms with Crippen LogP contribution in [0.5, 0.6) is 0 Å². The molecule has 25 heavy (non-hydrogen) atoms. The number of methoxy groups -OCH3 is 1. The molecule has 0 bridgehead atoms. The number of fused-ring (bicyclic) bond motifs is 1. The van der Waals surface area contributed by atoms with E-state index in [9.17, 15) is 14.7 Å². The molecule has 1 heterocycles. The van der Waals surface area contributed by atoms with Crippen LogP contribution in [0.4, 0.5) is 0 Å². The molecule has 0 spiro atoms. The molecule has 1 aromatic heterocycles. The van der Waals surface area contributed by atoms with Gasteiger partial charge in [-0.2, -0.15) is 0 Å². The zero-order valence-electron chi connectivity index (χ0n) is 14.6. The lowest BCUT2D eigenvalue weighted by Crippen LogP contribution is -2.55. The second-order valence-corrected chi connectivity index (χ2v) is 6.91. The Balaban J connectivity index is 2.05. The molecule has 132 valence electrons. The lowest BCUT2D eigenvalue weighted by molar-refractivity contribution is -0.145. The zero-order valence-corrected chi connectivity index (χ0v) is 14.6. The second-order valence-electron chi connectivity index (χ2n) is 6.91. The van der Waals surface area contributed by atoms with Crippen LogP contribution < -0.4 is 5.32 Å². The average molecular weight is 342 g/mol. The quantitative estimate of drug-likeness (QED) is 0.842. The van der Waals surface area contributed by atoms with Gasteiger partial charge in [-0.1, -0.05) is 11.6 Å². The van der Waals surface area contributed by atoms with Gasteiger partial charge in [0, 0.05) is 24.1 Å². The molecule has 1 aliphatic rings. The van der Waals surface area contributed by atoms with E-state index in [4.69, 9.17) is 4.74 Å². The number of hydrogen-bond donors (Lipinski definition) is 2. The molecule has 0 radical (unpaired) electrons. The highest BCUT2D eigenvalue weighted by Crippen LogP contribution is 2.40. The molecule has 1 saturated carbocycles. The van der Waals surface area contributed by atoms with E-state index in [1.54, 1.807) is 6.07 Å². The number of pyridine rings is 1. The summed E-state index contributed by atoms with van der Waals surface area (Å²) in [6, 6.07) is 7.56. The number of amides is 1. The Labute approximate surface area is 146 Å². The predicted octanol–water partition coefficient (Wildman–Crippen LogP) is 2.64. The second kappa shape index (κ2) is 6.44. The summed E-state index contributed by atoms with van der Waals surface area (Å²) in [5.41, 5.74) is 1.62. The van der Waals surface area contributed by atoms with Crippen molar-refractivity contribution in [1.82, 2.24) is 10.3 Å². The van der Waals surface area contributed by atoms with Crippen LogP contribution in [0.25, 0.3) is 10.9 Å². The highest BCUT2D eigenvalue weighted by atomic mass is 16.5. The maximum atomic E-state index is 12.9. The van der Waals surface area contributed by atoms with Crippen molar-refractivity contribution in [3.63, 3.8) is 0 Å². The van der Waals surface area contributed by atoms with Gasteiger partial charge in [-0.15, -0.1) is 0 Å². The van der Waals surface area contributed by atoms with Crippen LogP contribution in [-0.4, -0.2) is 41.2 Å². The zero-order chi connectivity index (χ0) is 18.2. The molecule has 2 aromatic rings. The molecule has 2 N–H and O–H groups in total. The van der Waals surface area contributed by atoms with Crippen molar-refractivity contribution in [2.75, 3.05) is 13.7 Å². The Hall–Kier alpha value is -2.47. The van der Waals surface area contributed by atoms with Crippen LogP contribution in [0.1, 0.15) is 47.3 Å². The number of ether oxygens (including phenoxy) is 1. The first-order chi connectivity index (χ1) is 11.8. The van der Waals surface area contributed by atoms with Gasteiger partial charge < -0.3 is 15.2 Å². The molecule has 6 heteroatoms. The fraction of sp³-hybridized carbons (Fsp3) is 0.421. The summed E-state index contributed by atoms with van der Waals surface area (Å²) in [7, 11) is 1.41. The molecule has 1 aliphatic carbocycles. The number of rotatable bonds is 6. The minimum Gasteiger partial charge on any atom is -0.479 e. The highest BCUT2D eigenvalue weighted by Gasteiger charge is 2.36. The number of nitrogens with one attached hydrogen (secondary N) is 1. The fourth-order valence-electron chi connectivity index (χ4n) is 2.89. The fourth-order valence-corrected chi connectivity index (χ4v) is 2.89.